The van der Waals surface area contributed by atoms with Crippen LogP contribution in [0.15, 0.2) is 61.0 Å². The maximum Gasteiger partial charge on any atom is 0.257 e. The molecule has 4 rings (SSSR count). The summed E-state index contributed by atoms with van der Waals surface area (Å²) in [4.78, 5) is 24.7. The van der Waals surface area contributed by atoms with Gasteiger partial charge < -0.3 is 16.4 Å². The Labute approximate surface area is 171 Å². The van der Waals surface area contributed by atoms with Crippen LogP contribution in [0.2, 0.25) is 0 Å². The van der Waals surface area contributed by atoms with Crippen molar-refractivity contribution in [3.05, 3.63) is 77.7 Å². The summed E-state index contributed by atoms with van der Waals surface area (Å²) in [5, 5.41) is 8.16. The monoisotopic (exact) mass is 402 g/mol. The average Bonchev–Trinajstić information content (AvgIpc) is 3.17. The van der Waals surface area contributed by atoms with Crippen molar-refractivity contribution in [1.29, 1.82) is 0 Å². The number of fused-ring (bicyclic) bond motifs is 1. The second-order valence-electron chi connectivity index (χ2n) is 6.42. The smallest absolute Gasteiger partial charge is 0.257 e. The SMILES string of the molecule is C=C(Nc1cc(NC(=O)c2cccnc2)ccc1C)c1csc2c(N)ncnc12. The molecule has 144 valence electrons. The highest BCUT2D eigenvalue weighted by atomic mass is 32.1. The summed E-state index contributed by atoms with van der Waals surface area (Å²) in [6.07, 6.45) is 4.60. The van der Waals surface area contributed by atoms with Gasteiger partial charge in [-0.2, -0.15) is 0 Å². The van der Waals surface area contributed by atoms with Gasteiger partial charge in [0.15, 0.2) is 0 Å². The molecule has 3 aromatic heterocycles. The van der Waals surface area contributed by atoms with Crippen LogP contribution >= 0.6 is 11.3 Å². The van der Waals surface area contributed by atoms with Gasteiger partial charge in [-0.25, -0.2) is 9.97 Å². The largest absolute Gasteiger partial charge is 0.382 e. The first-order valence-electron chi connectivity index (χ1n) is 8.79. The molecule has 0 saturated carbocycles. The first-order chi connectivity index (χ1) is 14.0. The van der Waals surface area contributed by atoms with E-state index >= 15 is 0 Å². The Bertz CT molecular complexity index is 1220. The lowest BCUT2D eigenvalue weighted by atomic mass is 10.1. The molecule has 0 saturated heterocycles. The number of rotatable bonds is 5. The predicted molar refractivity (Wildman–Crippen MR) is 118 cm³/mol. The number of pyridine rings is 1. The van der Waals surface area contributed by atoms with Crippen LogP contribution in [0.4, 0.5) is 17.2 Å². The van der Waals surface area contributed by atoms with E-state index in [1.54, 1.807) is 18.3 Å². The molecule has 1 aromatic carbocycles. The summed E-state index contributed by atoms with van der Waals surface area (Å²) in [6, 6.07) is 9.09. The van der Waals surface area contributed by atoms with Crippen molar-refractivity contribution in [3.8, 4) is 0 Å². The molecular weight excluding hydrogens is 384 g/mol. The van der Waals surface area contributed by atoms with Gasteiger partial charge in [-0.1, -0.05) is 12.6 Å². The van der Waals surface area contributed by atoms with Crippen molar-refractivity contribution in [2.45, 2.75) is 6.92 Å². The number of amides is 1. The van der Waals surface area contributed by atoms with E-state index in [0.717, 1.165) is 27.0 Å². The number of aryl methyl sites for hydroxylation is 1. The van der Waals surface area contributed by atoms with Gasteiger partial charge >= 0.3 is 0 Å². The minimum atomic E-state index is -0.220. The molecule has 0 spiro atoms. The van der Waals surface area contributed by atoms with Gasteiger partial charge in [0.1, 0.15) is 12.1 Å². The molecule has 29 heavy (non-hydrogen) atoms. The third-order valence-electron chi connectivity index (χ3n) is 4.41. The normalized spacial score (nSPS) is 10.7. The molecule has 0 aliphatic rings. The minimum Gasteiger partial charge on any atom is -0.382 e. The molecule has 0 fully saturated rings. The second-order valence-corrected chi connectivity index (χ2v) is 7.29. The van der Waals surface area contributed by atoms with Gasteiger partial charge in [-0.3, -0.25) is 9.78 Å². The molecule has 0 aliphatic heterocycles. The number of thiophene rings is 1. The molecule has 4 aromatic rings. The quantitative estimate of drug-likeness (QED) is 0.459. The van der Waals surface area contributed by atoms with Crippen LogP contribution in [0.5, 0.6) is 0 Å². The van der Waals surface area contributed by atoms with Crippen LogP contribution in [0, 0.1) is 6.92 Å². The highest BCUT2D eigenvalue weighted by Gasteiger charge is 2.13. The Hall–Kier alpha value is -3.78. The third kappa shape index (κ3) is 3.78. The summed E-state index contributed by atoms with van der Waals surface area (Å²) >= 11 is 1.48. The molecule has 0 aliphatic carbocycles. The number of benzene rings is 1. The summed E-state index contributed by atoms with van der Waals surface area (Å²) in [6.45, 7) is 6.13. The predicted octanol–water partition coefficient (Wildman–Crippen LogP) is 4.31. The van der Waals surface area contributed by atoms with E-state index in [1.807, 2.05) is 30.5 Å². The van der Waals surface area contributed by atoms with Gasteiger partial charge in [-0.05, 0) is 36.8 Å². The fourth-order valence-corrected chi connectivity index (χ4v) is 3.79. The molecule has 4 N–H and O–H groups in total. The number of aromatic nitrogens is 3. The second kappa shape index (κ2) is 7.69. The molecular formula is C21H18N6OS. The maximum absolute atomic E-state index is 12.4. The van der Waals surface area contributed by atoms with E-state index in [9.17, 15) is 4.79 Å². The molecule has 1 amide bonds. The van der Waals surface area contributed by atoms with Crippen molar-refractivity contribution < 1.29 is 4.79 Å². The van der Waals surface area contributed by atoms with Crippen LogP contribution in [0.3, 0.4) is 0 Å². The van der Waals surface area contributed by atoms with Gasteiger partial charge in [0.2, 0.25) is 0 Å². The zero-order valence-electron chi connectivity index (χ0n) is 15.6. The first-order valence-corrected chi connectivity index (χ1v) is 9.67. The zero-order chi connectivity index (χ0) is 20.4. The van der Waals surface area contributed by atoms with Crippen molar-refractivity contribution in [1.82, 2.24) is 15.0 Å². The van der Waals surface area contributed by atoms with Gasteiger partial charge in [0.25, 0.3) is 5.91 Å². The summed E-state index contributed by atoms with van der Waals surface area (Å²) in [5.41, 5.74) is 11.2. The van der Waals surface area contributed by atoms with Crippen LogP contribution < -0.4 is 16.4 Å². The fraction of sp³-hybridized carbons (Fsp3) is 0.0476. The van der Waals surface area contributed by atoms with Crippen LogP contribution in [0.1, 0.15) is 21.5 Å². The first kappa shape index (κ1) is 18.6. The molecule has 0 unspecified atom stereocenters. The summed E-state index contributed by atoms with van der Waals surface area (Å²) in [7, 11) is 0. The van der Waals surface area contributed by atoms with Crippen molar-refractivity contribution in [3.63, 3.8) is 0 Å². The van der Waals surface area contributed by atoms with E-state index in [2.05, 4.69) is 32.2 Å². The number of hydrogen-bond donors (Lipinski definition) is 3. The van der Waals surface area contributed by atoms with Crippen molar-refractivity contribution >= 4 is 50.4 Å². The fourth-order valence-electron chi connectivity index (χ4n) is 2.85. The highest BCUT2D eigenvalue weighted by molar-refractivity contribution is 7.18. The number of nitrogens with one attached hydrogen (secondary N) is 2. The Morgan fingerprint density at radius 2 is 2.07 bits per heavy atom. The number of nitrogens with two attached hydrogens (primary N) is 1. The lowest BCUT2D eigenvalue weighted by Crippen LogP contribution is -2.12. The number of carbonyl (C=O) groups excluding carboxylic acids is 1. The van der Waals surface area contributed by atoms with Gasteiger partial charge in [-0.15, -0.1) is 11.3 Å². The number of anilines is 3. The lowest BCUT2D eigenvalue weighted by molar-refractivity contribution is 0.102. The molecule has 7 nitrogen and oxygen atoms in total. The summed E-state index contributed by atoms with van der Waals surface area (Å²) < 4.78 is 0.833. The van der Waals surface area contributed by atoms with E-state index in [4.69, 9.17) is 5.73 Å². The number of hydrogen-bond acceptors (Lipinski definition) is 7. The molecule has 8 heteroatoms. The van der Waals surface area contributed by atoms with Crippen molar-refractivity contribution in [2.75, 3.05) is 16.4 Å². The third-order valence-corrected chi connectivity index (χ3v) is 5.40. The van der Waals surface area contributed by atoms with E-state index in [0.29, 0.717) is 22.8 Å². The zero-order valence-corrected chi connectivity index (χ0v) is 16.5. The highest BCUT2D eigenvalue weighted by Crippen LogP contribution is 2.32. The average molecular weight is 402 g/mol. The molecule has 0 radical (unpaired) electrons. The van der Waals surface area contributed by atoms with Crippen molar-refractivity contribution in [2.24, 2.45) is 0 Å². The number of nitrogens with zero attached hydrogens (tertiary/aromatic N) is 3. The number of nitrogen functional groups attached to an aromatic ring is 1. The maximum atomic E-state index is 12.4. The van der Waals surface area contributed by atoms with Crippen LogP contribution in [-0.4, -0.2) is 20.9 Å². The Kier molecular flexibility index (Phi) is 4.92. The Morgan fingerprint density at radius 1 is 1.21 bits per heavy atom. The number of carbonyl (C=O) groups is 1. The molecule has 0 atom stereocenters. The molecule has 0 bridgehead atoms. The van der Waals surface area contributed by atoms with E-state index < -0.39 is 0 Å². The van der Waals surface area contributed by atoms with Crippen LogP contribution in [0.25, 0.3) is 15.9 Å². The van der Waals surface area contributed by atoms with E-state index in [-0.39, 0.29) is 5.91 Å². The van der Waals surface area contributed by atoms with Gasteiger partial charge in [0, 0.05) is 40.4 Å². The minimum absolute atomic E-state index is 0.220. The Morgan fingerprint density at radius 3 is 2.86 bits per heavy atom. The van der Waals surface area contributed by atoms with E-state index in [1.165, 1.54) is 23.9 Å². The van der Waals surface area contributed by atoms with Crippen LogP contribution in [-0.2, 0) is 0 Å². The molecule has 3 heterocycles. The topological polar surface area (TPSA) is 106 Å². The lowest BCUT2D eigenvalue weighted by Gasteiger charge is -2.14. The Balaban J connectivity index is 1.57. The van der Waals surface area contributed by atoms with Gasteiger partial charge in [0.05, 0.1) is 15.8 Å². The summed E-state index contributed by atoms with van der Waals surface area (Å²) in [5.74, 6) is 0.234. The standard InChI is InChI=1S/C21H18N6OS/c1-12-5-6-15(27-21(28)14-4-3-7-23-9-14)8-17(12)26-13(2)16-10-29-19-18(16)24-11-25-20(19)22/h3-11,26H,2H2,1H3,(H,27,28)(H2,22,24,25).